The molecule has 112 valence electrons. The highest BCUT2D eigenvalue weighted by atomic mass is 16.6. The van der Waals surface area contributed by atoms with E-state index >= 15 is 0 Å². The summed E-state index contributed by atoms with van der Waals surface area (Å²) in [5.74, 6) is 0.0309. The third-order valence-corrected chi connectivity index (χ3v) is 3.86. The molecule has 0 saturated carbocycles. The van der Waals surface area contributed by atoms with Gasteiger partial charge in [0.1, 0.15) is 0 Å². The van der Waals surface area contributed by atoms with Crippen molar-refractivity contribution in [3.63, 3.8) is 0 Å². The van der Waals surface area contributed by atoms with Crippen molar-refractivity contribution in [2.75, 3.05) is 42.6 Å². The number of hydrogen-bond donors (Lipinski definition) is 0. The minimum absolute atomic E-state index is 0.0219. The van der Waals surface area contributed by atoms with Gasteiger partial charge in [-0.05, 0) is 12.5 Å². The lowest BCUT2D eigenvalue weighted by Crippen LogP contribution is -2.36. The summed E-state index contributed by atoms with van der Waals surface area (Å²) in [6, 6.07) is 4.91. The quantitative estimate of drug-likeness (QED) is 0.624. The van der Waals surface area contributed by atoms with Gasteiger partial charge in [-0.1, -0.05) is 0 Å². The topological polar surface area (TPSA) is 75.9 Å². The number of carbonyl (C=O) groups excluding carboxylic acids is 1. The van der Waals surface area contributed by atoms with E-state index < -0.39 is 4.92 Å². The summed E-state index contributed by atoms with van der Waals surface area (Å²) in [5, 5.41) is 11.1. The molecule has 21 heavy (non-hydrogen) atoms. The molecular weight excluding hydrogens is 274 g/mol. The van der Waals surface area contributed by atoms with Gasteiger partial charge in [-0.2, -0.15) is 0 Å². The summed E-state index contributed by atoms with van der Waals surface area (Å²) in [7, 11) is 0. The van der Waals surface area contributed by atoms with Gasteiger partial charge in [0.05, 0.1) is 23.8 Å². The van der Waals surface area contributed by atoms with Crippen LogP contribution in [0.3, 0.4) is 0 Å². The Morgan fingerprint density at radius 3 is 2.43 bits per heavy atom. The summed E-state index contributed by atoms with van der Waals surface area (Å²) in [6.07, 6.45) is 1.31. The molecule has 2 heterocycles. The van der Waals surface area contributed by atoms with Crippen LogP contribution < -0.4 is 9.80 Å². The van der Waals surface area contributed by atoms with Crippen LogP contribution in [-0.2, 0) is 9.53 Å². The van der Waals surface area contributed by atoms with Crippen LogP contribution in [0.25, 0.3) is 0 Å². The molecule has 2 fully saturated rings. The number of amides is 1. The highest BCUT2D eigenvalue weighted by Crippen LogP contribution is 2.31. The Kier molecular flexibility index (Phi) is 3.74. The molecule has 0 N–H and O–H groups in total. The molecule has 0 aromatic heterocycles. The molecule has 7 heteroatoms. The van der Waals surface area contributed by atoms with Gasteiger partial charge in [-0.3, -0.25) is 14.9 Å². The fraction of sp³-hybridized carbons (Fsp3) is 0.500. The summed E-state index contributed by atoms with van der Waals surface area (Å²) >= 11 is 0. The van der Waals surface area contributed by atoms with E-state index in [2.05, 4.69) is 4.90 Å². The minimum atomic E-state index is -0.409. The van der Waals surface area contributed by atoms with Crippen molar-refractivity contribution in [2.24, 2.45) is 0 Å². The normalized spacial score (nSPS) is 19.1. The molecule has 2 aliphatic rings. The number of nitrogens with zero attached hydrogens (tertiary/aromatic N) is 3. The van der Waals surface area contributed by atoms with Crippen molar-refractivity contribution in [3.8, 4) is 0 Å². The van der Waals surface area contributed by atoms with E-state index in [1.165, 1.54) is 6.07 Å². The van der Waals surface area contributed by atoms with Gasteiger partial charge in [-0.15, -0.1) is 0 Å². The van der Waals surface area contributed by atoms with E-state index in [9.17, 15) is 14.9 Å². The number of nitro groups is 1. The van der Waals surface area contributed by atoms with Crippen LogP contribution in [0.1, 0.15) is 12.8 Å². The van der Waals surface area contributed by atoms with Crippen molar-refractivity contribution < 1.29 is 14.5 Å². The van der Waals surface area contributed by atoms with Gasteiger partial charge in [0.25, 0.3) is 5.69 Å². The number of anilines is 2. The van der Waals surface area contributed by atoms with E-state index in [1.807, 2.05) is 6.07 Å². The summed E-state index contributed by atoms with van der Waals surface area (Å²) in [5.41, 5.74) is 1.42. The maximum Gasteiger partial charge on any atom is 0.273 e. The van der Waals surface area contributed by atoms with E-state index in [1.54, 1.807) is 11.0 Å². The number of carbonyl (C=O) groups is 1. The van der Waals surface area contributed by atoms with Gasteiger partial charge in [-0.25, -0.2) is 0 Å². The van der Waals surface area contributed by atoms with Crippen molar-refractivity contribution in [1.82, 2.24) is 0 Å². The Morgan fingerprint density at radius 2 is 1.81 bits per heavy atom. The van der Waals surface area contributed by atoms with Gasteiger partial charge in [0, 0.05) is 43.9 Å². The predicted molar refractivity (Wildman–Crippen MR) is 77.7 cm³/mol. The Balaban J connectivity index is 1.97. The molecule has 0 spiro atoms. The van der Waals surface area contributed by atoms with Gasteiger partial charge in [0.2, 0.25) is 5.91 Å². The zero-order chi connectivity index (χ0) is 14.8. The number of rotatable bonds is 3. The molecule has 7 nitrogen and oxygen atoms in total. The summed E-state index contributed by atoms with van der Waals surface area (Å²) in [6.45, 7) is 3.26. The first-order valence-corrected chi connectivity index (χ1v) is 7.08. The maximum atomic E-state index is 11.9. The summed E-state index contributed by atoms with van der Waals surface area (Å²) < 4.78 is 5.31. The van der Waals surface area contributed by atoms with Crippen LogP contribution in [0.2, 0.25) is 0 Å². The van der Waals surface area contributed by atoms with Crippen LogP contribution in [0, 0.1) is 10.1 Å². The smallest absolute Gasteiger partial charge is 0.273 e. The third kappa shape index (κ3) is 2.82. The van der Waals surface area contributed by atoms with Crippen LogP contribution in [0.4, 0.5) is 17.1 Å². The lowest BCUT2D eigenvalue weighted by atomic mass is 10.2. The largest absolute Gasteiger partial charge is 0.378 e. The second-order valence-corrected chi connectivity index (χ2v) is 5.21. The first-order chi connectivity index (χ1) is 10.1. The first kappa shape index (κ1) is 13.8. The molecule has 0 bridgehead atoms. The van der Waals surface area contributed by atoms with Crippen molar-refractivity contribution in [3.05, 3.63) is 28.3 Å². The molecule has 0 atom stereocenters. The van der Waals surface area contributed by atoms with E-state index in [4.69, 9.17) is 4.74 Å². The predicted octanol–water partition coefficient (Wildman–Crippen LogP) is 1.56. The van der Waals surface area contributed by atoms with E-state index in [-0.39, 0.29) is 11.6 Å². The zero-order valence-electron chi connectivity index (χ0n) is 11.7. The zero-order valence-corrected chi connectivity index (χ0v) is 11.7. The Morgan fingerprint density at radius 1 is 1.10 bits per heavy atom. The molecule has 1 aromatic carbocycles. The third-order valence-electron chi connectivity index (χ3n) is 3.86. The number of morpholine rings is 1. The number of non-ortho nitro benzene ring substituents is 1. The second kappa shape index (κ2) is 5.69. The first-order valence-electron chi connectivity index (χ1n) is 7.08. The standard InChI is InChI=1S/C14H17N3O4/c18-14-2-1-3-16(14)12-8-11(9-13(10-12)17(19)20)15-4-6-21-7-5-15/h8-10H,1-7H2. The van der Waals surface area contributed by atoms with E-state index in [0.29, 0.717) is 45.0 Å². The number of hydrogen-bond acceptors (Lipinski definition) is 5. The lowest BCUT2D eigenvalue weighted by molar-refractivity contribution is -0.384. The van der Waals surface area contributed by atoms with Crippen molar-refractivity contribution in [1.29, 1.82) is 0 Å². The van der Waals surface area contributed by atoms with Crippen LogP contribution >= 0.6 is 0 Å². The average Bonchev–Trinajstić information content (AvgIpc) is 2.94. The molecule has 0 unspecified atom stereocenters. The molecule has 0 radical (unpaired) electrons. The SMILES string of the molecule is O=C1CCCN1c1cc(N2CCOCC2)cc([N+](=O)[O-])c1. The average molecular weight is 291 g/mol. The lowest BCUT2D eigenvalue weighted by Gasteiger charge is -2.29. The molecule has 2 aliphatic heterocycles. The Bertz CT molecular complexity index is 569. The molecule has 1 aromatic rings. The van der Waals surface area contributed by atoms with Crippen LogP contribution in [0.5, 0.6) is 0 Å². The van der Waals surface area contributed by atoms with Gasteiger partial charge in [0.15, 0.2) is 0 Å². The Hall–Kier alpha value is -2.15. The number of benzene rings is 1. The fourth-order valence-corrected chi connectivity index (χ4v) is 2.77. The van der Waals surface area contributed by atoms with Crippen molar-refractivity contribution in [2.45, 2.75) is 12.8 Å². The number of nitro benzene ring substituents is 1. The fourth-order valence-electron chi connectivity index (χ4n) is 2.77. The maximum absolute atomic E-state index is 11.9. The van der Waals surface area contributed by atoms with E-state index in [0.717, 1.165) is 12.1 Å². The second-order valence-electron chi connectivity index (χ2n) is 5.21. The molecule has 2 saturated heterocycles. The van der Waals surface area contributed by atoms with Crippen LogP contribution in [0.15, 0.2) is 18.2 Å². The molecule has 3 rings (SSSR count). The molecular formula is C14H17N3O4. The Labute approximate surface area is 122 Å². The molecule has 1 amide bonds. The highest BCUT2D eigenvalue weighted by Gasteiger charge is 2.25. The monoisotopic (exact) mass is 291 g/mol. The van der Waals surface area contributed by atoms with Crippen LogP contribution in [-0.4, -0.2) is 43.7 Å². The minimum Gasteiger partial charge on any atom is -0.378 e. The number of ether oxygens (including phenoxy) is 1. The van der Waals surface area contributed by atoms with Crippen molar-refractivity contribution >= 4 is 23.0 Å². The molecule has 0 aliphatic carbocycles. The summed E-state index contributed by atoms with van der Waals surface area (Å²) in [4.78, 5) is 26.3. The highest BCUT2D eigenvalue weighted by molar-refractivity contribution is 5.96. The van der Waals surface area contributed by atoms with Gasteiger partial charge < -0.3 is 14.5 Å². The van der Waals surface area contributed by atoms with Gasteiger partial charge >= 0.3 is 0 Å².